The van der Waals surface area contributed by atoms with Gasteiger partial charge in [0.1, 0.15) is 5.75 Å². The first kappa shape index (κ1) is 14.9. The number of fused-ring (bicyclic) bond motifs is 3. The minimum atomic E-state index is -0.156. The topological polar surface area (TPSA) is 59.9 Å². The Hall–Kier alpha value is -1.66. The van der Waals surface area contributed by atoms with E-state index >= 15 is 0 Å². The number of piperazine rings is 1. The standard InChI is InChI=1S/C17H24N4O2/c22-15-2-1-5-18-16(15)17(23)21-10-8-20(9-11-21)14-12-19-6-3-13(14)4-7-19/h1-2,5,13-14,22H,3-4,6-12H2/t14-/m1/s1. The summed E-state index contributed by atoms with van der Waals surface area (Å²) in [6.45, 7) is 7.01. The van der Waals surface area contributed by atoms with Crippen LogP contribution in [0.1, 0.15) is 23.3 Å². The fourth-order valence-corrected chi connectivity index (χ4v) is 4.32. The minimum absolute atomic E-state index is 0.0303. The van der Waals surface area contributed by atoms with E-state index in [1.807, 2.05) is 4.90 Å². The lowest BCUT2D eigenvalue weighted by Crippen LogP contribution is -2.61. The fraction of sp³-hybridized carbons (Fsp3) is 0.647. The summed E-state index contributed by atoms with van der Waals surface area (Å²) in [4.78, 5) is 23.5. The maximum atomic E-state index is 12.5. The van der Waals surface area contributed by atoms with Gasteiger partial charge in [0.15, 0.2) is 5.69 Å². The van der Waals surface area contributed by atoms with Gasteiger partial charge in [-0.3, -0.25) is 9.69 Å². The highest BCUT2D eigenvalue weighted by Gasteiger charge is 2.38. The predicted molar refractivity (Wildman–Crippen MR) is 86.3 cm³/mol. The van der Waals surface area contributed by atoms with Gasteiger partial charge in [0.2, 0.25) is 0 Å². The summed E-state index contributed by atoms with van der Waals surface area (Å²) in [5.41, 5.74) is 0.170. The number of nitrogens with zero attached hydrogens (tertiary/aromatic N) is 4. The van der Waals surface area contributed by atoms with Crippen LogP contribution in [0.4, 0.5) is 0 Å². The van der Waals surface area contributed by atoms with Gasteiger partial charge in [0, 0.05) is 45.0 Å². The molecule has 0 aromatic carbocycles. The number of carbonyl (C=O) groups excluding carboxylic acids is 1. The Balaban J connectivity index is 1.38. The number of aromatic hydroxyl groups is 1. The molecular formula is C17H24N4O2. The van der Waals surface area contributed by atoms with Crippen LogP contribution in [0, 0.1) is 5.92 Å². The van der Waals surface area contributed by atoms with Crippen LogP contribution in [0.15, 0.2) is 18.3 Å². The number of rotatable bonds is 2. The van der Waals surface area contributed by atoms with E-state index < -0.39 is 0 Å². The van der Waals surface area contributed by atoms with Crippen molar-refractivity contribution in [3.63, 3.8) is 0 Å². The average molecular weight is 316 g/mol. The summed E-state index contributed by atoms with van der Waals surface area (Å²) < 4.78 is 0. The molecule has 2 bridgehead atoms. The van der Waals surface area contributed by atoms with E-state index in [2.05, 4.69) is 14.8 Å². The molecule has 0 aliphatic carbocycles. The Bertz CT molecular complexity index is 578. The minimum Gasteiger partial charge on any atom is -0.505 e. The van der Waals surface area contributed by atoms with Crippen molar-refractivity contribution in [3.05, 3.63) is 24.0 Å². The molecule has 1 aromatic rings. The molecule has 0 unspecified atom stereocenters. The number of hydrogen-bond donors (Lipinski definition) is 1. The van der Waals surface area contributed by atoms with Gasteiger partial charge in [0.25, 0.3) is 5.91 Å². The summed E-state index contributed by atoms with van der Waals surface area (Å²) in [6.07, 6.45) is 4.20. The lowest BCUT2D eigenvalue weighted by Gasteiger charge is -2.50. The van der Waals surface area contributed by atoms with Gasteiger partial charge < -0.3 is 14.9 Å². The molecule has 4 fully saturated rings. The van der Waals surface area contributed by atoms with E-state index in [-0.39, 0.29) is 17.4 Å². The molecule has 4 aliphatic rings. The third kappa shape index (κ3) is 2.81. The maximum absolute atomic E-state index is 12.5. The van der Waals surface area contributed by atoms with Crippen LogP contribution >= 0.6 is 0 Å². The molecule has 5 heterocycles. The second-order valence-corrected chi connectivity index (χ2v) is 6.90. The second kappa shape index (κ2) is 6.09. The van der Waals surface area contributed by atoms with Gasteiger partial charge in [-0.2, -0.15) is 0 Å². The SMILES string of the molecule is O=C(c1ncccc1O)N1CCN([C@@H]2CN3CCC2CC3)CC1. The summed E-state index contributed by atoms with van der Waals surface area (Å²) >= 11 is 0. The fourth-order valence-electron chi connectivity index (χ4n) is 4.32. The molecule has 5 rings (SSSR count). The first-order chi connectivity index (χ1) is 11.2. The van der Waals surface area contributed by atoms with Crippen LogP contribution in [-0.4, -0.2) is 82.6 Å². The number of aromatic nitrogens is 1. The van der Waals surface area contributed by atoms with E-state index in [1.165, 1.54) is 38.5 Å². The highest BCUT2D eigenvalue weighted by atomic mass is 16.3. The first-order valence-corrected chi connectivity index (χ1v) is 8.62. The third-order valence-corrected chi connectivity index (χ3v) is 5.68. The smallest absolute Gasteiger partial charge is 0.276 e. The Morgan fingerprint density at radius 2 is 1.87 bits per heavy atom. The Kier molecular flexibility index (Phi) is 3.95. The largest absolute Gasteiger partial charge is 0.505 e. The van der Waals surface area contributed by atoms with Crippen LogP contribution < -0.4 is 0 Å². The Labute approximate surface area is 136 Å². The zero-order valence-electron chi connectivity index (χ0n) is 13.4. The van der Waals surface area contributed by atoms with Crippen molar-refractivity contribution in [2.45, 2.75) is 18.9 Å². The van der Waals surface area contributed by atoms with Gasteiger partial charge in [-0.15, -0.1) is 0 Å². The van der Waals surface area contributed by atoms with Gasteiger partial charge in [0.05, 0.1) is 0 Å². The van der Waals surface area contributed by atoms with Crippen molar-refractivity contribution >= 4 is 5.91 Å². The second-order valence-electron chi connectivity index (χ2n) is 6.90. The first-order valence-electron chi connectivity index (χ1n) is 8.62. The van der Waals surface area contributed by atoms with Gasteiger partial charge >= 0.3 is 0 Å². The lowest BCUT2D eigenvalue weighted by molar-refractivity contribution is -0.0132. The molecular weight excluding hydrogens is 292 g/mol. The van der Waals surface area contributed by atoms with Crippen molar-refractivity contribution in [3.8, 4) is 5.75 Å². The number of piperidine rings is 3. The van der Waals surface area contributed by atoms with E-state index in [0.29, 0.717) is 6.04 Å². The zero-order chi connectivity index (χ0) is 15.8. The summed E-state index contributed by atoms with van der Waals surface area (Å²) in [5.74, 6) is 0.649. The van der Waals surface area contributed by atoms with E-state index in [1.54, 1.807) is 12.3 Å². The van der Waals surface area contributed by atoms with Gasteiger partial charge in [-0.05, 0) is 44.0 Å². The molecule has 0 radical (unpaired) electrons. The van der Waals surface area contributed by atoms with Crippen LogP contribution in [0.25, 0.3) is 0 Å². The van der Waals surface area contributed by atoms with E-state index in [0.717, 1.165) is 32.1 Å². The zero-order valence-corrected chi connectivity index (χ0v) is 13.4. The molecule has 23 heavy (non-hydrogen) atoms. The van der Waals surface area contributed by atoms with Crippen molar-refractivity contribution in [2.24, 2.45) is 5.92 Å². The van der Waals surface area contributed by atoms with Gasteiger partial charge in [-0.25, -0.2) is 4.98 Å². The van der Waals surface area contributed by atoms with Crippen molar-refractivity contribution in [1.82, 2.24) is 19.7 Å². The normalized spacial score (nSPS) is 31.3. The summed E-state index contributed by atoms with van der Waals surface area (Å²) in [6, 6.07) is 3.82. The molecule has 1 aromatic heterocycles. The van der Waals surface area contributed by atoms with Crippen LogP contribution in [0.5, 0.6) is 5.75 Å². The molecule has 1 amide bonds. The van der Waals surface area contributed by atoms with E-state index in [9.17, 15) is 9.90 Å². The Morgan fingerprint density at radius 3 is 2.48 bits per heavy atom. The molecule has 1 atom stereocenters. The molecule has 0 saturated carbocycles. The van der Waals surface area contributed by atoms with Crippen LogP contribution in [-0.2, 0) is 0 Å². The Morgan fingerprint density at radius 1 is 1.13 bits per heavy atom. The number of carbonyl (C=O) groups is 1. The van der Waals surface area contributed by atoms with Crippen LogP contribution in [0.3, 0.4) is 0 Å². The van der Waals surface area contributed by atoms with Crippen molar-refractivity contribution in [2.75, 3.05) is 45.8 Å². The molecule has 1 N–H and O–H groups in total. The van der Waals surface area contributed by atoms with Gasteiger partial charge in [-0.1, -0.05) is 0 Å². The lowest BCUT2D eigenvalue weighted by atomic mass is 9.83. The van der Waals surface area contributed by atoms with E-state index in [4.69, 9.17) is 0 Å². The number of amides is 1. The monoisotopic (exact) mass is 316 g/mol. The number of hydrogen-bond acceptors (Lipinski definition) is 5. The van der Waals surface area contributed by atoms with Crippen LogP contribution in [0.2, 0.25) is 0 Å². The summed E-state index contributed by atoms with van der Waals surface area (Å²) in [7, 11) is 0. The predicted octanol–water partition coefficient (Wildman–Crippen LogP) is 0.639. The molecule has 6 heteroatoms. The molecule has 4 aliphatic heterocycles. The third-order valence-electron chi connectivity index (χ3n) is 5.68. The quantitative estimate of drug-likeness (QED) is 0.868. The molecule has 0 spiro atoms. The highest BCUT2D eigenvalue weighted by Crippen LogP contribution is 2.31. The highest BCUT2D eigenvalue weighted by molar-refractivity contribution is 5.94. The average Bonchev–Trinajstić information content (AvgIpc) is 2.63. The number of pyridine rings is 1. The van der Waals surface area contributed by atoms with Crippen molar-refractivity contribution < 1.29 is 9.90 Å². The molecule has 124 valence electrons. The summed E-state index contributed by atoms with van der Waals surface area (Å²) in [5, 5.41) is 9.81. The van der Waals surface area contributed by atoms with Crippen molar-refractivity contribution in [1.29, 1.82) is 0 Å². The molecule has 6 nitrogen and oxygen atoms in total. The molecule has 4 saturated heterocycles. The maximum Gasteiger partial charge on any atom is 0.276 e.